The Morgan fingerprint density at radius 1 is 1.39 bits per heavy atom. The van der Waals surface area contributed by atoms with E-state index in [2.05, 4.69) is 20.8 Å². The van der Waals surface area contributed by atoms with Gasteiger partial charge in [0.1, 0.15) is 0 Å². The summed E-state index contributed by atoms with van der Waals surface area (Å²) in [5.74, 6) is 0.0896. The highest BCUT2D eigenvalue weighted by Crippen LogP contribution is 2.28. The van der Waals surface area contributed by atoms with Gasteiger partial charge >= 0.3 is 0 Å². The molecule has 0 unspecified atom stereocenters. The molecule has 0 saturated carbocycles. The van der Waals surface area contributed by atoms with Crippen molar-refractivity contribution < 1.29 is 9.53 Å². The molecule has 0 bridgehead atoms. The summed E-state index contributed by atoms with van der Waals surface area (Å²) >= 11 is 3.54. The summed E-state index contributed by atoms with van der Waals surface area (Å²) in [4.78, 5) is 14.0. The fourth-order valence-corrected chi connectivity index (χ4v) is 2.65. The number of nitrogens with zero attached hydrogens (tertiary/aromatic N) is 1. The third-order valence-corrected chi connectivity index (χ3v) is 3.63. The van der Waals surface area contributed by atoms with E-state index >= 15 is 0 Å². The first-order chi connectivity index (χ1) is 8.72. The molecule has 0 radical (unpaired) electrons. The third-order valence-electron chi connectivity index (χ3n) is 2.99. The minimum atomic E-state index is 0.0896. The maximum atomic E-state index is 11.8. The summed E-state index contributed by atoms with van der Waals surface area (Å²) in [6.45, 7) is 3.66. The maximum Gasteiger partial charge on any atom is 0.164 e. The van der Waals surface area contributed by atoms with Gasteiger partial charge in [-0.05, 0) is 40.7 Å². The van der Waals surface area contributed by atoms with Gasteiger partial charge in [-0.25, -0.2) is 0 Å². The van der Waals surface area contributed by atoms with Crippen LogP contribution in [-0.4, -0.2) is 38.6 Å². The molecule has 0 amide bonds. The smallest absolute Gasteiger partial charge is 0.164 e. The second-order valence-electron chi connectivity index (χ2n) is 4.23. The van der Waals surface area contributed by atoms with E-state index in [0.29, 0.717) is 18.5 Å². The predicted molar refractivity (Wildman–Crippen MR) is 75.2 cm³/mol. The second-order valence-corrected chi connectivity index (χ2v) is 5.08. The molecule has 4 nitrogen and oxygen atoms in total. The average molecular weight is 313 g/mol. The van der Waals surface area contributed by atoms with E-state index in [1.807, 2.05) is 18.2 Å². The summed E-state index contributed by atoms with van der Waals surface area (Å²) in [6, 6.07) is 5.73. The van der Waals surface area contributed by atoms with Gasteiger partial charge in [0.15, 0.2) is 5.78 Å². The molecular formula is C13H17BrN2O2. The summed E-state index contributed by atoms with van der Waals surface area (Å²) in [5.41, 5.74) is 7.22. The number of benzene rings is 1. The van der Waals surface area contributed by atoms with E-state index in [1.54, 1.807) is 0 Å². The first kappa shape index (κ1) is 13.5. The Bertz CT molecular complexity index is 431. The predicted octanol–water partition coefficient (Wildman–Crippen LogP) is 1.82. The molecule has 1 saturated heterocycles. The van der Waals surface area contributed by atoms with Crippen LogP contribution in [0.5, 0.6) is 0 Å². The molecule has 0 aromatic heterocycles. The highest BCUT2D eigenvalue weighted by atomic mass is 79.9. The monoisotopic (exact) mass is 312 g/mol. The van der Waals surface area contributed by atoms with Crippen molar-refractivity contribution in [2.75, 3.05) is 37.7 Å². The normalized spacial score (nSPS) is 15.8. The quantitative estimate of drug-likeness (QED) is 0.862. The van der Waals surface area contributed by atoms with Crippen LogP contribution in [0, 0.1) is 0 Å². The molecule has 2 rings (SSSR count). The van der Waals surface area contributed by atoms with E-state index < -0.39 is 0 Å². The van der Waals surface area contributed by atoms with Crippen molar-refractivity contribution in [3.8, 4) is 0 Å². The number of morpholine rings is 1. The zero-order chi connectivity index (χ0) is 13.0. The van der Waals surface area contributed by atoms with Crippen LogP contribution in [0.25, 0.3) is 0 Å². The van der Waals surface area contributed by atoms with Gasteiger partial charge in [0.2, 0.25) is 0 Å². The van der Waals surface area contributed by atoms with Gasteiger partial charge < -0.3 is 15.4 Å². The molecule has 1 fully saturated rings. The topological polar surface area (TPSA) is 55.6 Å². The van der Waals surface area contributed by atoms with Crippen LogP contribution in [0.1, 0.15) is 16.8 Å². The van der Waals surface area contributed by atoms with Gasteiger partial charge in [0, 0.05) is 29.5 Å². The number of ether oxygens (including phenoxy) is 1. The Kier molecular flexibility index (Phi) is 4.74. The van der Waals surface area contributed by atoms with E-state index in [9.17, 15) is 4.79 Å². The van der Waals surface area contributed by atoms with Crippen molar-refractivity contribution in [2.24, 2.45) is 5.73 Å². The molecule has 1 aromatic carbocycles. The number of anilines is 1. The SMILES string of the molecule is NCCC(=O)c1ccc(N2CCOCC2)c(Br)c1. The summed E-state index contributed by atoms with van der Waals surface area (Å²) < 4.78 is 6.28. The Hall–Kier alpha value is -0.910. The molecule has 98 valence electrons. The van der Waals surface area contributed by atoms with Crippen molar-refractivity contribution in [3.63, 3.8) is 0 Å². The van der Waals surface area contributed by atoms with Gasteiger partial charge in [0.25, 0.3) is 0 Å². The summed E-state index contributed by atoms with van der Waals surface area (Å²) in [6.07, 6.45) is 0.392. The Morgan fingerprint density at radius 3 is 2.72 bits per heavy atom. The fraction of sp³-hybridized carbons (Fsp3) is 0.462. The molecule has 0 atom stereocenters. The highest BCUT2D eigenvalue weighted by Gasteiger charge is 2.15. The molecular weight excluding hydrogens is 296 g/mol. The van der Waals surface area contributed by atoms with Crippen molar-refractivity contribution >= 4 is 27.4 Å². The number of hydrogen-bond acceptors (Lipinski definition) is 4. The lowest BCUT2D eigenvalue weighted by atomic mass is 10.1. The minimum absolute atomic E-state index is 0.0896. The van der Waals surface area contributed by atoms with Gasteiger partial charge in [-0.1, -0.05) is 0 Å². The average Bonchev–Trinajstić information content (AvgIpc) is 2.40. The van der Waals surface area contributed by atoms with Gasteiger partial charge in [0.05, 0.1) is 18.9 Å². The van der Waals surface area contributed by atoms with Gasteiger partial charge in [-0.3, -0.25) is 4.79 Å². The first-order valence-electron chi connectivity index (χ1n) is 6.08. The molecule has 1 aliphatic rings. The minimum Gasteiger partial charge on any atom is -0.378 e. The number of hydrogen-bond donors (Lipinski definition) is 1. The summed E-state index contributed by atoms with van der Waals surface area (Å²) in [7, 11) is 0. The fourth-order valence-electron chi connectivity index (χ4n) is 2.02. The van der Waals surface area contributed by atoms with Crippen LogP contribution in [-0.2, 0) is 4.74 Å². The summed E-state index contributed by atoms with van der Waals surface area (Å²) in [5, 5.41) is 0. The standard InChI is InChI=1S/C13H17BrN2O2/c14-11-9-10(13(17)3-4-15)1-2-12(11)16-5-7-18-8-6-16/h1-2,9H,3-8,15H2. The number of Topliss-reactive ketones (excluding diaryl/α,β-unsaturated/α-hetero) is 1. The number of carbonyl (C=O) groups is 1. The second kappa shape index (κ2) is 6.31. The van der Waals surface area contributed by atoms with Crippen molar-refractivity contribution in [2.45, 2.75) is 6.42 Å². The van der Waals surface area contributed by atoms with Crippen LogP contribution >= 0.6 is 15.9 Å². The lowest BCUT2D eigenvalue weighted by Gasteiger charge is -2.29. The van der Waals surface area contributed by atoms with Crippen LogP contribution < -0.4 is 10.6 Å². The number of carbonyl (C=O) groups excluding carboxylic acids is 1. The molecule has 18 heavy (non-hydrogen) atoms. The Labute approximate surface area is 115 Å². The van der Waals surface area contributed by atoms with Crippen LogP contribution in [0.15, 0.2) is 22.7 Å². The largest absolute Gasteiger partial charge is 0.378 e. The lowest BCUT2D eigenvalue weighted by molar-refractivity contribution is 0.0985. The van der Waals surface area contributed by atoms with Gasteiger partial charge in [-0.2, -0.15) is 0 Å². The Balaban J connectivity index is 2.16. The van der Waals surface area contributed by atoms with E-state index in [4.69, 9.17) is 10.5 Å². The lowest BCUT2D eigenvalue weighted by Crippen LogP contribution is -2.36. The molecule has 2 N–H and O–H groups in total. The molecule has 1 aromatic rings. The van der Waals surface area contributed by atoms with Crippen LogP contribution in [0.3, 0.4) is 0 Å². The van der Waals surface area contributed by atoms with Gasteiger partial charge in [-0.15, -0.1) is 0 Å². The number of ketones is 1. The number of rotatable bonds is 4. The maximum absolute atomic E-state index is 11.8. The highest BCUT2D eigenvalue weighted by molar-refractivity contribution is 9.10. The number of halogens is 1. The first-order valence-corrected chi connectivity index (χ1v) is 6.87. The van der Waals surface area contributed by atoms with Crippen LogP contribution in [0.4, 0.5) is 5.69 Å². The van der Waals surface area contributed by atoms with Crippen molar-refractivity contribution in [1.29, 1.82) is 0 Å². The van der Waals surface area contributed by atoms with E-state index in [0.717, 1.165) is 36.5 Å². The Morgan fingerprint density at radius 2 is 2.11 bits per heavy atom. The zero-order valence-corrected chi connectivity index (χ0v) is 11.8. The zero-order valence-electron chi connectivity index (χ0n) is 10.2. The molecule has 1 aliphatic heterocycles. The van der Waals surface area contributed by atoms with E-state index in [1.165, 1.54) is 0 Å². The molecule has 0 aliphatic carbocycles. The van der Waals surface area contributed by atoms with Crippen molar-refractivity contribution in [1.82, 2.24) is 0 Å². The third kappa shape index (κ3) is 3.10. The molecule has 5 heteroatoms. The van der Waals surface area contributed by atoms with E-state index in [-0.39, 0.29) is 5.78 Å². The van der Waals surface area contributed by atoms with Crippen LogP contribution in [0.2, 0.25) is 0 Å². The molecule has 1 heterocycles. The number of nitrogens with two attached hydrogens (primary N) is 1. The molecule has 0 spiro atoms. The van der Waals surface area contributed by atoms with Crippen molar-refractivity contribution in [3.05, 3.63) is 28.2 Å².